The average molecular weight is 363 g/mol. The van der Waals surface area contributed by atoms with E-state index in [1.807, 2.05) is 32.3 Å². The molecule has 1 saturated carbocycles. The lowest BCUT2D eigenvalue weighted by Gasteiger charge is -2.27. The molecule has 0 bridgehead atoms. The number of imidazole rings is 1. The molecule has 2 N–H and O–H groups in total. The summed E-state index contributed by atoms with van der Waals surface area (Å²) in [6.07, 6.45) is 5.94. The Kier molecular flexibility index (Phi) is 4.82. The number of amides is 1. The molecule has 3 heterocycles. The Morgan fingerprint density at radius 1 is 1.32 bits per heavy atom. The summed E-state index contributed by atoms with van der Waals surface area (Å²) in [5.74, 6) is 2.57. The standard InChI is InChI=1S/C19H26N4O.ClH/c1-12-5-4-6-23-16(12)11-21-18(23)19(2,3)22-17(24)13-7-14-9-20-10-15(14)8-13;/h4-6,11,13-15,20H,7-10H2,1-3H3,(H,22,24);1H. The number of aryl methyl sites for hydroxylation is 1. The SMILES string of the molecule is Cc1cccn2c(C(C)(C)NC(=O)C3CC4CNCC4C3)ncc12.Cl. The number of rotatable bonds is 3. The lowest BCUT2D eigenvalue weighted by Crippen LogP contribution is -2.45. The lowest BCUT2D eigenvalue weighted by molar-refractivity contribution is -0.126. The fourth-order valence-electron chi connectivity index (χ4n) is 4.47. The highest BCUT2D eigenvalue weighted by Gasteiger charge is 2.41. The number of fused-ring (bicyclic) bond motifs is 2. The third-order valence-corrected chi connectivity index (χ3v) is 5.80. The van der Waals surface area contributed by atoms with Crippen molar-refractivity contribution >= 4 is 23.8 Å². The van der Waals surface area contributed by atoms with E-state index in [1.165, 1.54) is 5.56 Å². The van der Waals surface area contributed by atoms with Gasteiger partial charge in [0.15, 0.2) is 0 Å². The molecule has 0 aromatic carbocycles. The van der Waals surface area contributed by atoms with E-state index < -0.39 is 5.54 Å². The van der Waals surface area contributed by atoms with Crippen molar-refractivity contribution in [3.05, 3.63) is 35.9 Å². The normalized spacial score (nSPS) is 25.6. The molecule has 0 radical (unpaired) electrons. The van der Waals surface area contributed by atoms with Gasteiger partial charge in [-0.1, -0.05) is 6.07 Å². The Morgan fingerprint density at radius 3 is 2.68 bits per heavy atom. The third-order valence-electron chi connectivity index (χ3n) is 5.80. The Hall–Kier alpha value is -1.59. The van der Waals surface area contributed by atoms with Crippen molar-refractivity contribution in [3.63, 3.8) is 0 Å². The largest absolute Gasteiger partial charge is 0.344 e. The average Bonchev–Trinajstić information content (AvgIpc) is 3.21. The second-order valence-electron chi connectivity index (χ2n) is 7.99. The first kappa shape index (κ1) is 18.2. The number of pyridine rings is 1. The Morgan fingerprint density at radius 2 is 2.00 bits per heavy atom. The highest BCUT2D eigenvalue weighted by Crippen LogP contribution is 2.39. The second-order valence-corrected chi connectivity index (χ2v) is 7.99. The van der Waals surface area contributed by atoms with Gasteiger partial charge < -0.3 is 15.0 Å². The van der Waals surface area contributed by atoms with Crippen LogP contribution in [0, 0.1) is 24.7 Å². The molecule has 2 aromatic rings. The van der Waals surface area contributed by atoms with Gasteiger partial charge in [-0.3, -0.25) is 4.79 Å². The van der Waals surface area contributed by atoms with Crippen LogP contribution >= 0.6 is 12.4 Å². The molecular formula is C19H27ClN4O. The summed E-state index contributed by atoms with van der Waals surface area (Å²) in [5.41, 5.74) is 1.79. The maximum Gasteiger partial charge on any atom is 0.223 e. The predicted molar refractivity (Wildman–Crippen MR) is 101 cm³/mol. The molecule has 6 heteroatoms. The molecule has 4 rings (SSSR count). The number of aromatic nitrogens is 2. The van der Waals surface area contributed by atoms with Gasteiger partial charge in [0.1, 0.15) is 5.82 Å². The molecule has 2 aliphatic rings. The van der Waals surface area contributed by atoms with E-state index in [0.717, 1.165) is 37.3 Å². The highest BCUT2D eigenvalue weighted by atomic mass is 35.5. The van der Waals surface area contributed by atoms with Crippen molar-refractivity contribution in [1.29, 1.82) is 0 Å². The lowest BCUT2D eigenvalue weighted by atomic mass is 9.99. The summed E-state index contributed by atoms with van der Waals surface area (Å²) in [7, 11) is 0. The molecule has 5 nitrogen and oxygen atoms in total. The van der Waals surface area contributed by atoms with Crippen LogP contribution < -0.4 is 10.6 Å². The van der Waals surface area contributed by atoms with Crippen molar-refractivity contribution in [1.82, 2.24) is 20.0 Å². The number of carbonyl (C=O) groups is 1. The summed E-state index contributed by atoms with van der Waals surface area (Å²) < 4.78 is 2.09. The molecule has 0 spiro atoms. The Bertz CT molecular complexity index is 773. The zero-order chi connectivity index (χ0) is 16.9. The molecule has 1 saturated heterocycles. The Labute approximate surface area is 155 Å². The number of hydrogen-bond acceptors (Lipinski definition) is 3. The molecule has 2 atom stereocenters. The van der Waals surface area contributed by atoms with Gasteiger partial charge in [-0.2, -0.15) is 0 Å². The zero-order valence-corrected chi connectivity index (χ0v) is 15.9. The van der Waals surface area contributed by atoms with Crippen LogP contribution in [0.2, 0.25) is 0 Å². The number of nitrogens with zero attached hydrogens (tertiary/aromatic N) is 2. The van der Waals surface area contributed by atoms with Crippen LogP contribution in [-0.2, 0) is 10.3 Å². The van der Waals surface area contributed by atoms with Gasteiger partial charge in [0, 0.05) is 12.1 Å². The fraction of sp³-hybridized carbons (Fsp3) is 0.579. The number of nitrogens with one attached hydrogen (secondary N) is 2. The molecule has 1 aliphatic carbocycles. The molecule has 25 heavy (non-hydrogen) atoms. The first-order valence-corrected chi connectivity index (χ1v) is 8.91. The van der Waals surface area contributed by atoms with Gasteiger partial charge in [0.2, 0.25) is 5.91 Å². The number of hydrogen-bond donors (Lipinski definition) is 2. The minimum absolute atomic E-state index is 0. The van der Waals surface area contributed by atoms with E-state index in [4.69, 9.17) is 0 Å². The van der Waals surface area contributed by atoms with Crippen molar-refractivity contribution in [2.24, 2.45) is 17.8 Å². The van der Waals surface area contributed by atoms with Crippen LogP contribution in [0.4, 0.5) is 0 Å². The first-order chi connectivity index (χ1) is 11.5. The van der Waals surface area contributed by atoms with Gasteiger partial charge in [-0.15, -0.1) is 12.4 Å². The second kappa shape index (κ2) is 6.61. The fourth-order valence-corrected chi connectivity index (χ4v) is 4.47. The van der Waals surface area contributed by atoms with Crippen molar-refractivity contribution < 1.29 is 4.79 Å². The van der Waals surface area contributed by atoms with Crippen LogP contribution in [0.15, 0.2) is 24.5 Å². The van der Waals surface area contributed by atoms with Crippen molar-refractivity contribution in [2.45, 2.75) is 39.2 Å². The van der Waals surface area contributed by atoms with E-state index in [1.54, 1.807) is 0 Å². The third kappa shape index (κ3) is 3.15. The van der Waals surface area contributed by atoms with Gasteiger partial charge in [0.25, 0.3) is 0 Å². The van der Waals surface area contributed by atoms with Crippen molar-refractivity contribution in [2.75, 3.05) is 13.1 Å². The maximum absolute atomic E-state index is 12.8. The van der Waals surface area contributed by atoms with E-state index in [2.05, 4.69) is 33.0 Å². The molecule has 136 valence electrons. The number of halogens is 1. The van der Waals surface area contributed by atoms with Crippen LogP contribution in [0.3, 0.4) is 0 Å². The van der Waals surface area contributed by atoms with Gasteiger partial charge in [0.05, 0.1) is 17.3 Å². The minimum atomic E-state index is -0.493. The van der Waals surface area contributed by atoms with Gasteiger partial charge >= 0.3 is 0 Å². The van der Waals surface area contributed by atoms with Crippen molar-refractivity contribution in [3.8, 4) is 0 Å². The summed E-state index contributed by atoms with van der Waals surface area (Å²) in [5, 5.41) is 6.69. The summed E-state index contributed by atoms with van der Waals surface area (Å²) in [6.45, 7) is 8.31. The van der Waals surface area contributed by atoms with Crippen LogP contribution in [0.5, 0.6) is 0 Å². The van der Waals surface area contributed by atoms with E-state index in [0.29, 0.717) is 11.8 Å². The van der Waals surface area contributed by atoms with Gasteiger partial charge in [-0.25, -0.2) is 4.98 Å². The number of carbonyl (C=O) groups excluding carboxylic acids is 1. The zero-order valence-electron chi connectivity index (χ0n) is 15.1. The maximum atomic E-state index is 12.8. The first-order valence-electron chi connectivity index (χ1n) is 8.91. The molecule has 2 aromatic heterocycles. The smallest absolute Gasteiger partial charge is 0.223 e. The molecule has 2 unspecified atom stereocenters. The minimum Gasteiger partial charge on any atom is -0.344 e. The quantitative estimate of drug-likeness (QED) is 0.882. The summed E-state index contributed by atoms with van der Waals surface area (Å²) in [4.78, 5) is 17.4. The van der Waals surface area contributed by atoms with E-state index in [-0.39, 0.29) is 24.2 Å². The van der Waals surface area contributed by atoms with Crippen LogP contribution in [-0.4, -0.2) is 28.4 Å². The summed E-state index contributed by atoms with van der Waals surface area (Å²) >= 11 is 0. The predicted octanol–water partition coefficient (Wildman–Crippen LogP) is 2.66. The topological polar surface area (TPSA) is 58.4 Å². The monoisotopic (exact) mass is 362 g/mol. The van der Waals surface area contributed by atoms with E-state index in [9.17, 15) is 4.79 Å². The van der Waals surface area contributed by atoms with Gasteiger partial charge in [-0.05, 0) is 70.2 Å². The van der Waals surface area contributed by atoms with Crippen LogP contribution in [0.25, 0.3) is 5.52 Å². The van der Waals surface area contributed by atoms with Crippen LogP contribution in [0.1, 0.15) is 38.1 Å². The Balaban J connectivity index is 0.00000182. The highest BCUT2D eigenvalue weighted by molar-refractivity contribution is 5.85. The summed E-state index contributed by atoms with van der Waals surface area (Å²) in [6, 6.07) is 4.11. The molecular weight excluding hydrogens is 336 g/mol. The molecule has 1 aliphatic heterocycles. The molecule has 1 amide bonds. The molecule has 2 fully saturated rings. The van der Waals surface area contributed by atoms with E-state index >= 15 is 0 Å².